The van der Waals surface area contributed by atoms with Crippen LogP contribution in [0.25, 0.3) is 0 Å². The molecular weight excluding hydrogens is 226 g/mol. The van der Waals surface area contributed by atoms with Gasteiger partial charge in [-0.2, -0.15) is 0 Å². The van der Waals surface area contributed by atoms with E-state index in [1.54, 1.807) is 18.5 Å². The summed E-state index contributed by atoms with van der Waals surface area (Å²) in [5, 5.41) is 2.81. The molecule has 0 aliphatic rings. The van der Waals surface area contributed by atoms with Crippen LogP contribution in [0, 0.1) is 6.92 Å². The maximum atomic E-state index is 11.7. The molecule has 0 atom stereocenters. The molecule has 4 heteroatoms. The molecule has 0 aliphatic carbocycles. The minimum atomic E-state index is -0.00363. The van der Waals surface area contributed by atoms with E-state index < -0.39 is 0 Å². The highest BCUT2D eigenvalue weighted by Crippen LogP contribution is 2.02. The fourth-order valence-electron chi connectivity index (χ4n) is 1.57. The summed E-state index contributed by atoms with van der Waals surface area (Å²) in [6, 6.07) is 7.67. The van der Waals surface area contributed by atoms with Gasteiger partial charge in [0.25, 0.3) is 0 Å². The molecule has 92 valence electrons. The van der Waals surface area contributed by atoms with Gasteiger partial charge in [-0.15, -0.1) is 0 Å². The molecule has 0 saturated heterocycles. The van der Waals surface area contributed by atoms with E-state index in [0.717, 1.165) is 5.69 Å². The Bertz CT molecular complexity index is 508. The Morgan fingerprint density at radius 3 is 2.78 bits per heavy atom. The Morgan fingerprint density at radius 2 is 2.11 bits per heavy atom. The molecule has 2 heterocycles. The zero-order valence-electron chi connectivity index (χ0n) is 10.3. The van der Waals surface area contributed by atoms with Gasteiger partial charge in [0.1, 0.15) is 0 Å². The Hall–Kier alpha value is -2.23. The Balaban J connectivity index is 1.83. The quantitative estimate of drug-likeness (QED) is 0.830. The minimum absolute atomic E-state index is 0.00363. The summed E-state index contributed by atoms with van der Waals surface area (Å²) in [4.78, 5) is 15.6. The SMILES string of the molecule is Cc1cc[n+](CCC(=O)Nc2cccnc2)cc1. The molecule has 0 fully saturated rings. The number of nitrogens with zero attached hydrogens (tertiary/aromatic N) is 2. The average Bonchev–Trinajstić information content (AvgIpc) is 2.39. The molecule has 0 aromatic carbocycles. The molecule has 2 aromatic rings. The molecule has 0 radical (unpaired) electrons. The topological polar surface area (TPSA) is 45.9 Å². The summed E-state index contributed by atoms with van der Waals surface area (Å²) in [6.45, 7) is 2.71. The van der Waals surface area contributed by atoms with Crippen LogP contribution < -0.4 is 9.88 Å². The van der Waals surface area contributed by atoms with E-state index in [1.165, 1.54) is 5.56 Å². The molecule has 2 aromatic heterocycles. The second-order valence-electron chi connectivity index (χ2n) is 4.15. The number of hydrogen-bond donors (Lipinski definition) is 1. The fourth-order valence-corrected chi connectivity index (χ4v) is 1.57. The number of amides is 1. The molecule has 4 nitrogen and oxygen atoms in total. The number of carbonyl (C=O) groups is 1. The van der Waals surface area contributed by atoms with Crippen LogP contribution in [-0.2, 0) is 11.3 Å². The van der Waals surface area contributed by atoms with Gasteiger partial charge in [-0.3, -0.25) is 9.78 Å². The summed E-state index contributed by atoms with van der Waals surface area (Å²) in [5.74, 6) is -0.00363. The van der Waals surface area contributed by atoms with Crippen LogP contribution in [-0.4, -0.2) is 10.9 Å². The molecule has 2 rings (SSSR count). The molecule has 0 bridgehead atoms. The van der Waals surface area contributed by atoms with Gasteiger partial charge in [-0.1, -0.05) is 0 Å². The highest BCUT2D eigenvalue weighted by atomic mass is 16.1. The van der Waals surface area contributed by atoms with Crippen molar-refractivity contribution in [2.75, 3.05) is 5.32 Å². The number of carbonyl (C=O) groups excluding carboxylic acids is 1. The monoisotopic (exact) mass is 242 g/mol. The predicted octanol–water partition coefficient (Wildman–Crippen LogP) is 1.71. The van der Waals surface area contributed by atoms with Gasteiger partial charge in [0, 0.05) is 18.3 Å². The first-order valence-corrected chi connectivity index (χ1v) is 5.89. The van der Waals surface area contributed by atoms with Gasteiger partial charge < -0.3 is 5.32 Å². The highest BCUT2D eigenvalue weighted by molar-refractivity contribution is 5.90. The first-order valence-electron chi connectivity index (χ1n) is 5.89. The van der Waals surface area contributed by atoms with Crippen molar-refractivity contribution in [3.05, 3.63) is 54.6 Å². The van der Waals surface area contributed by atoms with Crippen molar-refractivity contribution in [1.82, 2.24) is 4.98 Å². The molecule has 18 heavy (non-hydrogen) atoms. The van der Waals surface area contributed by atoms with Crippen LogP contribution in [0.4, 0.5) is 5.69 Å². The van der Waals surface area contributed by atoms with Crippen molar-refractivity contribution in [2.45, 2.75) is 19.9 Å². The Kier molecular flexibility index (Phi) is 4.02. The number of nitrogens with one attached hydrogen (secondary N) is 1. The van der Waals surface area contributed by atoms with Crippen LogP contribution in [0.1, 0.15) is 12.0 Å². The van der Waals surface area contributed by atoms with Crippen molar-refractivity contribution >= 4 is 11.6 Å². The first-order chi connectivity index (χ1) is 8.74. The van der Waals surface area contributed by atoms with E-state index in [9.17, 15) is 4.79 Å². The molecule has 0 unspecified atom stereocenters. The lowest BCUT2D eigenvalue weighted by atomic mass is 10.3. The van der Waals surface area contributed by atoms with Crippen molar-refractivity contribution in [1.29, 1.82) is 0 Å². The number of aromatic nitrogens is 2. The molecule has 0 saturated carbocycles. The average molecular weight is 242 g/mol. The second kappa shape index (κ2) is 5.91. The number of anilines is 1. The van der Waals surface area contributed by atoms with Crippen molar-refractivity contribution in [3.8, 4) is 0 Å². The van der Waals surface area contributed by atoms with Gasteiger partial charge in [-0.25, -0.2) is 4.57 Å². The molecule has 1 amide bonds. The molecular formula is C14H16N3O+. The van der Waals surface area contributed by atoms with E-state index in [2.05, 4.69) is 10.3 Å². The van der Waals surface area contributed by atoms with Gasteiger partial charge in [0.15, 0.2) is 18.9 Å². The first kappa shape index (κ1) is 12.2. The second-order valence-corrected chi connectivity index (χ2v) is 4.15. The van der Waals surface area contributed by atoms with Gasteiger partial charge >= 0.3 is 0 Å². The Morgan fingerprint density at radius 1 is 1.33 bits per heavy atom. The normalized spacial score (nSPS) is 10.1. The number of aryl methyl sites for hydroxylation is 2. The van der Waals surface area contributed by atoms with E-state index in [1.807, 2.05) is 42.1 Å². The third kappa shape index (κ3) is 3.66. The number of hydrogen-bond acceptors (Lipinski definition) is 2. The zero-order valence-corrected chi connectivity index (χ0v) is 10.3. The summed E-state index contributed by atoms with van der Waals surface area (Å²) in [5.41, 5.74) is 1.95. The van der Waals surface area contributed by atoms with Crippen LogP contribution in [0.15, 0.2) is 49.1 Å². The van der Waals surface area contributed by atoms with E-state index in [-0.39, 0.29) is 5.91 Å². The summed E-state index contributed by atoms with van der Waals surface area (Å²) in [7, 11) is 0. The van der Waals surface area contributed by atoms with Gasteiger partial charge in [0.2, 0.25) is 5.91 Å². The fraction of sp³-hybridized carbons (Fsp3) is 0.214. The van der Waals surface area contributed by atoms with Crippen LogP contribution in [0.2, 0.25) is 0 Å². The highest BCUT2D eigenvalue weighted by Gasteiger charge is 2.06. The summed E-state index contributed by atoms with van der Waals surface area (Å²) in [6.07, 6.45) is 7.72. The third-order valence-corrected chi connectivity index (χ3v) is 2.60. The number of pyridine rings is 2. The maximum Gasteiger partial charge on any atom is 0.230 e. The van der Waals surface area contributed by atoms with Crippen LogP contribution in [0.3, 0.4) is 0 Å². The van der Waals surface area contributed by atoms with E-state index in [0.29, 0.717) is 13.0 Å². The van der Waals surface area contributed by atoms with E-state index in [4.69, 9.17) is 0 Å². The van der Waals surface area contributed by atoms with Crippen LogP contribution >= 0.6 is 0 Å². The smallest absolute Gasteiger partial charge is 0.230 e. The molecule has 1 N–H and O–H groups in total. The summed E-state index contributed by atoms with van der Waals surface area (Å²) >= 11 is 0. The lowest BCUT2D eigenvalue weighted by Gasteiger charge is -2.02. The van der Waals surface area contributed by atoms with Gasteiger partial charge in [0.05, 0.1) is 18.3 Å². The van der Waals surface area contributed by atoms with Crippen molar-refractivity contribution in [2.24, 2.45) is 0 Å². The number of rotatable bonds is 4. The lowest BCUT2D eigenvalue weighted by Crippen LogP contribution is -2.34. The van der Waals surface area contributed by atoms with Crippen LogP contribution in [0.5, 0.6) is 0 Å². The predicted molar refractivity (Wildman–Crippen MR) is 68.9 cm³/mol. The summed E-state index contributed by atoms with van der Waals surface area (Å²) < 4.78 is 2.00. The zero-order chi connectivity index (χ0) is 12.8. The Labute approximate surface area is 106 Å². The third-order valence-electron chi connectivity index (χ3n) is 2.60. The lowest BCUT2D eigenvalue weighted by molar-refractivity contribution is -0.695. The maximum absolute atomic E-state index is 11.7. The largest absolute Gasteiger partial charge is 0.325 e. The van der Waals surface area contributed by atoms with Gasteiger partial charge in [-0.05, 0) is 24.6 Å². The van der Waals surface area contributed by atoms with Crippen molar-refractivity contribution < 1.29 is 9.36 Å². The standard InChI is InChI=1S/C14H15N3O/c1-12-4-8-17(9-5-12)10-6-14(18)16-13-3-2-7-15-11-13/h2-5,7-9,11H,6,10H2,1H3/p+1. The molecule has 0 aliphatic heterocycles. The van der Waals surface area contributed by atoms with Crippen molar-refractivity contribution in [3.63, 3.8) is 0 Å². The minimum Gasteiger partial charge on any atom is -0.325 e. The van der Waals surface area contributed by atoms with E-state index >= 15 is 0 Å². The molecule has 0 spiro atoms.